The Kier molecular flexibility index (Phi) is 8.13. The predicted molar refractivity (Wildman–Crippen MR) is 130 cm³/mol. The molecule has 0 heterocycles. The third-order valence-corrected chi connectivity index (χ3v) is 6.45. The van der Waals surface area contributed by atoms with Crippen LogP contribution in [0.15, 0.2) is 66.7 Å². The minimum absolute atomic E-state index is 0.219. The lowest BCUT2D eigenvalue weighted by atomic mass is 10.1. The Hall–Kier alpha value is -3.73. The summed E-state index contributed by atoms with van der Waals surface area (Å²) in [6.07, 6.45) is -3.88. The van der Waals surface area contributed by atoms with E-state index in [0.717, 1.165) is 24.0 Å². The summed E-state index contributed by atoms with van der Waals surface area (Å²) in [7, 11) is -1.01. The van der Waals surface area contributed by atoms with Gasteiger partial charge in [0.05, 0.1) is 38.3 Å². The maximum Gasteiger partial charge on any atom is 0.418 e. The minimum atomic E-state index is -4.73. The summed E-state index contributed by atoms with van der Waals surface area (Å²) in [6, 6.07) is 15.7. The lowest BCUT2D eigenvalue weighted by molar-refractivity contribution is -0.137. The van der Waals surface area contributed by atoms with Crippen LogP contribution in [0.3, 0.4) is 0 Å². The maximum absolute atomic E-state index is 13.5. The molecule has 0 radical (unpaired) electrons. The molecule has 0 saturated heterocycles. The van der Waals surface area contributed by atoms with E-state index in [4.69, 9.17) is 9.47 Å². The molecule has 0 aliphatic heterocycles. The van der Waals surface area contributed by atoms with Gasteiger partial charge in [0.2, 0.25) is 10.0 Å². The lowest BCUT2D eigenvalue weighted by Crippen LogP contribution is -2.31. The molecule has 0 unspecified atom stereocenters. The van der Waals surface area contributed by atoms with Crippen LogP contribution in [0.4, 0.5) is 18.9 Å². The van der Waals surface area contributed by atoms with E-state index in [0.29, 0.717) is 26.9 Å². The average molecular weight is 523 g/mol. The van der Waals surface area contributed by atoms with Gasteiger partial charge in [-0.2, -0.15) is 13.2 Å². The number of nitrogens with zero attached hydrogens (tertiary/aromatic N) is 1. The summed E-state index contributed by atoms with van der Waals surface area (Å²) in [6.45, 7) is -0.115. The number of sulfonamides is 1. The number of hydrogen-bond donors (Lipinski definition) is 1. The number of nitrogens with one attached hydrogen (secondary N) is 1. The van der Waals surface area contributed by atoms with E-state index in [-0.39, 0.29) is 19.0 Å². The number of amides is 1. The molecule has 3 aromatic rings. The number of halogens is 3. The van der Waals surface area contributed by atoms with E-state index in [2.05, 4.69) is 5.32 Å². The average Bonchev–Trinajstić information content (AvgIpc) is 2.84. The van der Waals surface area contributed by atoms with Gasteiger partial charge in [0.15, 0.2) is 11.5 Å². The molecule has 0 bridgehead atoms. The van der Waals surface area contributed by atoms with Gasteiger partial charge >= 0.3 is 6.18 Å². The molecule has 0 atom stereocenters. The van der Waals surface area contributed by atoms with Crippen molar-refractivity contribution >= 4 is 21.6 Å². The molecule has 1 amide bonds. The first-order valence-corrected chi connectivity index (χ1v) is 12.5. The second kappa shape index (κ2) is 10.9. The van der Waals surface area contributed by atoms with E-state index >= 15 is 0 Å². The third-order valence-electron chi connectivity index (χ3n) is 5.32. The molecule has 0 aromatic heterocycles. The van der Waals surface area contributed by atoms with Gasteiger partial charge in [-0.05, 0) is 47.5 Å². The Morgan fingerprint density at radius 3 is 2.11 bits per heavy atom. The number of benzene rings is 3. The number of para-hydroxylation sites is 1. The molecular formula is C25H25F3N2O5S. The van der Waals surface area contributed by atoms with Gasteiger partial charge in [-0.25, -0.2) is 8.42 Å². The van der Waals surface area contributed by atoms with Gasteiger partial charge in [0.25, 0.3) is 5.91 Å². The highest BCUT2D eigenvalue weighted by molar-refractivity contribution is 7.92. The Morgan fingerprint density at radius 2 is 1.53 bits per heavy atom. The number of carbonyl (C=O) groups excluding carboxylic acids is 1. The second-order valence-electron chi connectivity index (χ2n) is 7.85. The standard InChI is InChI=1S/C25H25F3N2O5S/c1-34-22-13-10-18(14-23(22)35-2)15-29-24(31)19-11-8-17(9-12-19)16-30(36(3,32)33)21-7-5-4-6-20(21)25(26,27)28/h4-14H,15-16H2,1-3H3,(H,29,31). The van der Waals surface area contributed by atoms with Crippen LogP contribution in [0.25, 0.3) is 0 Å². The van der Waals surface area contributed by atoms with Crippen LogP contribution >= 0.6 is 0 Å². The van der Waals surface area contributed by atoms with Crippen molar-refractivity contribution in [3.05, 3.63) is 89.0 Å². The molecule has 0 fully saturated rings. The molecule has 0 saturated carbocycles. The van der Waals surface area contributed by atoms with Crippen LogP contribution in [0.1, 0.15) is 27.0 Å². The summed E-state index contributed by atoms with van der Waals surface area (Å²) in [5, 5.41) is 2.77. The van der Waals surface area contributed by atoms with E-state index in [9.17, 15) is 26.4 Å². The van der Waals surface area contributed by atoms with Gasteiger partial charge < -0.3 is 14.8 Å². The zero-order chi connectivity index (χ0) is 26.5. The van der Waals surface area contributed by atoms with Crippen LogP contribution in [-0.2, 0) is 29.3 Å². The van der Waals surface area contributed by atoms with Crippen LogP contribution in [0.5, 0.6) is 11.5 Å². The molecule has 7 nitrogen and oxygen atoms in total. The van der Waals surface area contributed by atoms with Crippen molar-refractivity contribution in [1.82, 2.24) is 5.32 Å². The normalized spacial score (nSPS) is 11.6. The van der Waals surface area contributed by atoms with E-state index in [1.54, 1.807) is 18.2 Å². The molecule has 3 aromatic carbocycles. The topological polar surface area (TPSA) is 84.9 Å². The van der Waals surface area contributed by atoms with Crippen molar-refractivity contribution in [2.45, 2.75) is 19.3 Å². The number of hydrogen-bond acceptors (Lipinski definition) is 5. The van der Waals surface area contributed by atoms with Crippen molar-refractivity contribution in [2.24, 2.45) is 0 Å². The van der Waals surface area contributed by atoms with E-state index < -0.39 is 27.5 Å². The van der Waals surface area contributed by atoms with Gasteiger partial charge in [-0.1, -0.05) is 30.3 Å². The fourth-order valence-corrected chi connectivity index (χ4v) is 4.41. The fraction of sp³-hybridized carbons (Fsp3) is 0.240. The number of alkyl halides is 3. The summed E-state index contributed by atoms with van der Waals surface area (Å²) in [5.74, 6) is 0.707. The number of anilines is 1. The highest BCUT2D eigenvalue weighted by Gasteiger charge is 2.36. The molecule has 11 heteroatoms. The molecule has 3 rings (SSSR count). The van der Waals surface area contributed by atoms with Crippen LogP contribution in [0, 0.1) is 0 Å². The fourth-order valence-electron chi connectivity index (χ4n) is 3.51. The Labute approximate surface area is 207 Å². The summed E-state index contributed by atoms with van der Waals surface area (Å²) in [4.78, 5) is 12.6. The zero-order valence-electron chi connectivity index (χ0n) is 19.8. The first kappa shape index (κ1) is 26.9. The number of carbonyl (C=O) groups is 1. The lowest BCUT2D eigenvalue weighted by Gasteiger charge is -2.25. The van der Waals surface area contributed by atoms with E-state index in [1.807, 2.05) is 0 Å². The van der Waals surface area contributed by atoms with E-state index in [1.165, 1.54) is 50.6 Å². The Bertz CT molecular complexity index is 1330. The van der Waals surface area contributed by atoms with Crippen molar-refractivity contribution < 1.29 is 35.9 Å². The number of rotatable bonds is 9. The predicted octanol–water partition coefficient (Wildman–Crippen LogP) is 4.62. The third kappa shape index (κ3) is 6.48. The monoisotopic (exact) mass is 522 g/mol. The maximum atomic E-state index is 13.5. The zero-order valence-corrected chi connectivity index (χ0v) is 20.6. The second-order valence-corrected chi connectivity index (χ2v) is 9.76. The van der Waals surface area contributed by atoms with Crippen molar-refractivity contribution in [2.75, 3.05) is 24.8 Å². The largest absolute Gasteiger partial charge is 0.493 e. The smallest absolute Gasteiger partial charge is 0.418 e. The van der Waals surface area contributed by atoms with Crippen molar-refractivity contribution in [3.8, 4) is 11.5 Å². The molecular weight excluding hydrogens is 497 g/mol. The molecule has 1 N–H and O–H groups in total. The SMILES string of the molecule is COc1ccc(CNC(=O)c2ccc(CN(c3ccccc3C(F)(F)F)S(C)(=O)=O)cc2)cc1OC. The Balaban J connectivity index is 1.75. The quantitative estimate of drug-likeness (QED) is 0.444. The van der Waals surface area contributed by atoms with Crippen LogP contribution < -0.4 is 19.1 Å². The van der Waals surface area contributed by atoms with Crippen LogP contribution in [-0.4, -0.2) is 34.8 Å². The summed E-state index contributed by atoms with van der Waals surface area (Å²) >= 11 is 0. The molecule has 0 aliphatic carbocycles. The summed E-state index contributed by atoms with van der Waals surface area (Å²) < 4.78 is 76.3. The van der Waals surface area contributed by atoms with Gasteiger partial charge in [0.1, 0.15) is 0 Å². The molecule has 192 valence electrons. The van der Waals surface area contributed by atoms with Gasteiger partial charge in [0, 0.05) is 12.1 Å². The Morgan fingerprint density at radius 1 is 0.917 bits per heavy atom. The number of ether oxygens (including phenoxy) is 2. The first-order chi connectivity index (χ1) is 16.9. The first-order valence-electron chi connectivity index (χ1n) is 10.7. The number of methoxy groups -OCH3 is 2. The summed E-state index contributed by atoms with van der Waals surface area (Å²) in [5.41, 5.74) is -0.0229. The van der Waals surface area contributed by atoms with Gasteiger partial charge in [-0.3, -0.25) is 9.10 Å². The molecule has 0 aliphatic rings. The highest BCUT2D eigenvalue weighted by Crippen LogP contribution is 2.37. The molecule has 36 heavy (non-hydrogen) atoms. The van der Waals surface area contributed by atoms with Crippen LogP contribution in [0.2, 0.25) is 0 Å². The minimum Gasteiger partial charge on any atom is -0.493 e. The van der Waals surface area contributed by atoms with Crippen molar-refractivity contribution in [3.63, 3.8) is 0 Å². The molecule has 0 spiro atoms. The highest BCUT2D eigenvalue weighted by atomic mass is 32.2. The van der Waals surface area contributed by atoms with Gasteiger partial charge in [-0.15, -0.1) is 0 Å². The van der Waals surface area contributed by atoms with Crippen molar-refractivity contribution in [1.29, 1.82) is 0 Å².